The van der Waals surface area contributed by atoms with Crippen molar-refractivity contribution in [1.29, 1.82) is 0 Å². The van der Waals surface area contributed by atoms with Gasteiger partial charge in [0.25, 0.3) is 0 Å². The minimum absolute atomic E-state index is 0. The topological polar surface area (TPSA) is 56.7 Å². The molecule has 0 aromatic rings. The first-order valence-corrected chi connectivity index (χ1v) is 9.95. The molecular weight excluding hydrogens is 427 g/mol. The maximum absolute atomic E-state index is 11.9. The summed E-state index contributed by atoms with van der Waals surface area (Å²) in [5.74, 6) is 1.26. The SMILES string of the molecule is CCNC(=NCC1(CC)CCC1)NCCC(CC)N1CCCC1=O.I. The molecule has 0 aromatic heterocycles. The number of hydrogen-bond donors (Lipinski definition) is 2. The van der Waals surface area contributed by atoms with Crippen molar-refractivity contribution in [2.24, 2.45) is 10.4 Å². The van der Waals surface area contributed by atoms with Gasteiger partial charge in [0.15, 0.2) is 5.96 Å². The number of carbonyl (C=O) groups is 1. The Morgan fingerprint density at radius 1 is 1.24 bits per heavy atom. The summed E-state index contributed by atoms with van der Waals surface area (Å²) in [7, 11) is 0. The van der Waals surface area contributed by atoms with Gasteiger partial charge in [-0.25, -0.2) is 0 Å². The first-order chi connectivity index (χ1) is 11.6. The fourth-order valence-electron chi connectivity index (χ4n) is 3.88. The number of hydrogen-bond acceptors (Lipinski definition) is 2. The first-order valence-electron chi connectivity index (χ1n) is 9.95. The van der Waals surface area contributed by atoms with Gasteiger partial charge in [0.1, 0.15) is 0 Å². The van der Waals surface area contributed by atoms with Gasteiger partial charge in [-0.3, -0.25) is 9.79 Å². The molecule has 146 valence electrons. The van der Waals surface area contributed by atoms with E-state index >= 15 is 0 Å². The number of likely N-dealkylation sites (tertiary alicyclic amines) is 1. The molecule has 5 nitrogen and oxygen atoms in total. The van der Waals surface area contributed by atoms with Crippen LogP contribution < -0.4 is 10.6 Å². The molecule has 0 bridgehead atoms. The summed E-state index contributed by atoms with van der Waals surface area (Å²) in [5.41, 5.74) is 0.455. The molecule has 0 radical (unpaired) electrons. The largest absolute Gasteiger partial charge is 0.357 e. The number of carbonyl (C=O) groups excluding carboxylic acids is 1. The van der Waals surface area contributed by atoms with Gasteiger partial charge >= 0.3 is 0 Å². The molecule has 1 unspecified atom stereocenters. The second-order valence-electron chi connectivity index (χ2n) is 7.37. The lowest BCUT2D eigenvalue weighted by atomic mass is 9.67. The number of guanidine groups is 1. The lowest BCUT2D eigenvalue weighted by Gasteiger charge is -2.40. The van der Waals surface area contributed by atoms with E-state index in [9.17, 15) is 4.79 Å². The summed E-state index contributed by atoms with van der Waals surface area (Å²) < 4.78 is 0. The molecule has 2 fully saturated rings. The molecule has 0 spiro atoms. The molecule has 0 aromatic carbocycles. The lowest BCUT2D eigenvalue weighted by Crippen LogP contribution is -2.43. The van der Waals surface area contributed by atoms with E-state index < -0.39 is 0 Å². The highest BCUT2D eigenvalue weighted by atomic mass is 127. The zero-order valence-electron chi connectivity index (χ0n) is 16.3. The monoisotopic (exact) mass is 464 g/mol. The third-order valence-corrected chi connectivity index (χ3v) is 5.87. The predicted octanol–water partition coefficient (Wildman–Crippen LogP) is 3.53. The van der Waals surface area contributed by atoms with E-state index in [2.05, 4.69) is 36.3 Å². The Morgan fingerprint density at radius 2 is 2.00 bits per heavy atom. The summed E-state index contributed by atoms with van der Waals surface area (Å²) in [5, 5.41) is 6.83. The molecular formula is C19H37IN4O. The summed E-state index contributed by atoms with van der Waals surface area (Å²) in [6.45, 7) is 10.2. The average Bonchev–Trinajstić information content (AvgIpc) is 2.96. The van der Waals surface area contributed by atoms with Gasteiger partial charge < -0.3 is 15.5 Å². The molecule has 2 aliphatic rings. The second-order valence-corrected chi connectivity index (χ2v) is 7.37. The number of aliphatic imine (C=N–C) groups is 1. The van der Waals surface area contributed by atoms with Crippen molar-refractivity contribution < 1.29 is 4.79 Å². The molecule has 1 amide bonds. The van der Waals surface area contributed by atoms with Crippen LogP contribution in [0.15, 0.2) is 4.99 Å². The molecule has 25 heavy (non-hydrogen) atoms. The fraction of sp³-hybridized carbons (Fsp3) is 0.895. The van der Waals surface area contributed by atoms with Crippen LogP contribution in [0.1, 0.15) is 72.1 Å². The highest BCUT2D eigenvalue weighted by Crippen LogP contribution is 2.43. The molecule has 1 aliphatic carbocycles. The zero-order valence-corrected chi connectivity index (χ0v) is 18.6. The molecule has 1 heterocycles. The van der Waals surface area contributed by atoms with Crippen molar-refractivity contribution in [3.8, 4) is 0 Å². The number of amides is 1. The van der Waals surface area contributed by atoms with Crippen molar-refractivity contribution >= 4 is 35.8 Å². The standard InChI is InChI=1S/C19H36N4O.HI/c1-4-16(23-14-7-9-17(23)24)10-13-21-18(20-6-3)22-15-19(5-2)11-8-12-19;/h16H,4-15H2,1-3H3,(H2,20,21,22);1H. The molecule has 1 saturated heterocycles. The number of nitrogens with one attached hydrogen (secondary N) is 2. The lowest BCUT2D eigenvalue weighted by molar-refractivity contribution is -0.129. The third kappa shape index (κ3) is 6.29. The van der Waals surface area contributed by atoms with Crippen molar-refractivity contribution in [3.05, 3.63) is 0 Å². The highest BCUT2D eigenvalue weighted by Gasteiger charge is 2.34. The van der Waals surface area contributed by atoms with E-state index in [0.29, 0.717) is 17.4 Å². The molecule has 1 aliphatic heterocycles. The predicted molar refractivity (Wildman–Crippen MR) is 116 cm³/mol. The van der Waals surface area contributed by atoms with E-state index in [0.717, 1.165) is 57.8 Å². The van der Waals surface area contributed by atoms with Gasteiger partial charge in [-0.2, -0.15) is 0 Å². The van der Waals surface area contributed by atoms with Crippen LogP contribution in [-0.4, -0.2) is 49.0 Å². The van der Waals surface area contributed by atoms with Crippen LogP contribution in [0.3, 0.4) is 0 Å². The van der Waals surface area contributed by atoms with Crippen LogP contribution in [0.4, 0.5) is 0 Å². The number of rotatable bonds is 9. The quantitative estimate of drug-likeness (QED) is 0.312. The van der Waals surface area contributed by atoms with Crippen LogP contribution >= 0.6 is 24.0 Å². The first kappa shape index (κ1) is 22.5. The molecule has 1 atom stereocenters. The van der Waals surface area contributed by atoms with Gasteiger partial charge in [0.05, 0.1) is 0 Å². The Balaban J connectivity index is 0.00000312. The van der Waals surface area contributed by atoms with Crippen molar-refractivity contribution in [2.75, 3.05) is 26.2 Å². The Labute approximate surface area is 170 Å². The van der Waals surface area contributed by atoms with Gasteiger partial charge in [-0.05, 0) is 50.9 Å². The third-order valence-electron chi connectivity index (χ3n) is 5.87. The minimum Gasteiger partial charge on any atom is -0.357 e. The molecule has 6 heteroatoms. The van der Waals surface area contributed by atoms with Gasteiger partial charge in [0, 0.05) is 38.6 Å². The minimum atomic E-state index is 0. The normalized spacial score (nSPS) is 20.7. The maximum atomic E-state index is 11.9. The Morgan fingerprint density at radius 3 is 2.48 bits per heavy atom. The van der Waals surface area contributed by atoms with Gasteiger partial charge in [-0.15, -0.1) is 24.0 Å². The highest BCUT2D eigenvalue weighted by molar-refractivity contribution is 14.0. The van der Waals surface area contributed by atoms with E-state index in [1.807, 2.05) is 0 Å². The van der Waals surface area contributed by atoms with E-state index in [-0.39, 0.29) is 24.0 Å². The molecule has 2 N–H and O–H groups in total. The van der Waals surface area contributed by atoms with Crippen LogP contribution in [0.2, 0.25) is 0 Å². The summed E-state index contributed by atoms with van der Waals surface area (Å²) in [6, 6.07) is 0.365. The van der Waals surface area contributed by atoms with Crippen LogP contribution in [0.5, 0.6) is 0 Å². The average molecular weight is 464 g/mol. The van der Waals surface area contributed by atoms with E-state index in [4.69, 9.17) is 4.99 Å². The van der Waals surface area contributed by atoms with Crippen molar-refractivity contribution in [1.82, 2.24) is 15.5 Å². The second kappa shape index (κ2) is 11.2. The van der Waals surface area contributed by atoms with Gasteiger partial charge in [-0.1, -0.05) is 20.3 Å². The van der Waals surface area contributed by atoms with E-state index in [1.54, 1.807) is 0 Å². The van der Waals surface area contributed by atoms with E-state index in [1.165, 1.54) is 25.7 Å². The molecule has 1 saturated carbocycles. The van der Waals surface area contributed by atoms with Crippen molar-refractivity contribution in [3.63, 3.8) is 0 Å². The number of nitrogens with zero attached hydrogens (tertiary/aromatic N) is 2. The Kier molecular flexibility index (Phi) is 10.1. The fourth-order valence-corrected chi connectivity index (χ4v) is 3.88. The zero-order chi connectivity index (χ0) is 17.4. The Bertz CT molecular complexity index is 432. The Hall–Kier alpha value is -0.530. The van der Waals surface area contributed by atoms with Crippen LogP contribution in [0, 0.1) is 5.41 Å². The molecule has 2 rings (SSSR count). The van der Waals surface area contributed by atoms with Gasteiger partial charge in [0.2, 0.25) is 5.91 Å². The summed E-state index contributed by atoms with van der Waals surface area (Å²) in [4.78, 5) is 18.8. The smallest absolute Gasteiger partial charge is 0.222 e. The van der Waals surface area contributed by atoms with Crippen LogP contribution in [-0.2, 0) is 4.79 Å². The summed E-state index contributed by atoms with van der Waals surface area (Å²) >= 11 is 0. The number of halogens is 1. The maximum Gasteiger partial charge on any atom is 0.222 e. The van der Waals surface area contributed by atoms with Crippen LogP contribution in [0.25, 0.3) is 0 Å². The summed E-state index contributed by atoms with van der Waals surface area (Å²) in [6.07, 6.45) is 8.99. The van der Waals surface area contributed by atoms with Crippen molar-refractivity contribution in [2.45, 2.75) is 78.2 Å².